The van der Waals surface area contributed by atoms with Crippen molar-refractivity contribution in [2.24, 2.45) is 0 Å². The van der Waals surface area contributed by atoms with E-state index in [1.54, 1.807) is 13.8 Å². The van der Waals surface area contributed by atoms with Gasteiger partial charge in [0, 0.05) is 35.5 Å². The van der Waals surface area contributed by atoms with Crippen LogP contribution >= 0.6 is 24.4 Å². The van der Waals surface area contributed by atoms with Gasteiger partial charge in [0.25, 0.3) is 0 Å². The van der Waals surface area contributed by atoms with Gasteiger partial charge in [-0.1, -0.05) is 24.9 Å². The fourth-order valence-corrected chi connectivity index (χ4v) is 2.17. The van der Waals surface area contributed by atoms with Gasteiger partial charge in [-0.25, -0.2) is 9.59 Å². The lowest BCUT2D eigenvalue weighted by Gasteiger charge is -2.04. The molecular weight excluding hydrogens is 432 g/mol. The summed E-state index contributed by atoms with van der Waals surface area (Å²) in [4.78, 5) is 43.9. The first-order chi connectivity index (χ1) is 14.1. The molecule has 30 heavy (non-hydrogen) atoms. The number of aliphatic hydroxyl groups excluding tert-OH is 1. The largest absolute Gasteiger partial charge is 0.465 e. The first-order valence-electron chi connectivity index (χ1n) is 9.33. The molecule has 0 fully saturated rings. The number of hydrogen-bond acceptors (Lipinski definition) is 10. The van der Waals surface area contributed by atoms with Crippen molar-refractivity contribution in [3.05, 3.63) is 24.3 Å². The Morgan fingerprint density at radius 2 is 1.37 bits per heavy atom. The number of aliphatic hydroxyl groups is 1. The van der Waals surface area contributed by atoms with Gasteiger partial charge in [0.2, 0.25) is 0 Å². The van der Waals surface area contributed by atoms with Gasteiger partial charge < -0.3 is 19.3 Å². The fraction of sp³-hybridized carbons (Fsp3) is 0.600. The van der Waals surface area contributed by atoms with Gasteiger partial charge in [0.05, 0.1) is 19.8 Å². The first kappa shape index (κ1) is 30.4. The molecule has 0 aromatic carbocycles. The van der Waals surface area contributed by atoms with E-state index < -0.39 is 11.9 Å². The van der Waals surface area contributed by atoms with Crippen LogP contribution in [0.3, 0.4) is 0 Å². The normalized spacial score (nSPS) is 9.60. The maximum Gasteiger partial charge on any atom is 0.333 e. The molecule has 0 spiro atoms. The van der Waals surface area contributed by atoms with Crippen molar-refractivity contribution in [2.45, 2.75) is 39.5 Å². The van der Waals surface area contributed by atoms with Crippen molar-refractivity contribution in [1.82, 2.24) is 0 Å². The zero-order chi connectivity index (χ0) is 23.4. The van der Waals surface area contributed by atoms with Gasteiger partial charge in [0.15, 0.2) is 5.12 Å². The molecule has 0 aliphatic carbocycles. The molecule has 0 aliphatic heterocycles. The topological polar surface area (TPSA) is 116 Å². The quantitative estimate of drug-likeness (QED) is 0.131. The number of ether oxygens (including phenoxy) is 3. The van der Waals surface area contributed by atoms with Gasteiger partial charge in [-0.15, -0.1) is 0 Å². The molecule has 0 bridgehead atoms. The molecular formula is C20H32O8S2. The van der Waals surface area contributed by atoms with E-state index in [2.05, 4.69) is 25.8 Å². The van der Waals surface area contributed by atoms with Crippen molar-refractivity contribution < 1.29 is 38.5 Å². The van der Waals surface area contributed by atoms with E-state index in [9.17, 15) is 19.2 Å². The van der Waals surface area contributed by atoms with Crippen LogP contribution in [0.1, 0.15) is 39.5 Å². The SMILES string of the molecule is C=C(C)C(=O)OCCCC(=O)OCCS.C=C(C)C(=O)OCCCC(=O)SCCO. The molecule has 0 unspecified atom stereocenters. The van der Waals surface area contributed by atoms with Gasteiger partial charge >= 0.3 is 17.9 Å². The third-order valence-corrected chi connectivity index (χ3v) is 4.02. The predicted octanol–water partition coefficient (Wildman–Crippen LogP) is 2.50. The van der Waals surface area contributed by atoms with Crippen LogP contribution in [-0.2, 0) is 33.4 Å². The second-order valence-corrected chi connectivity index (χ2v) is 7.53. The fourth-order valence-electron chi connectivity index (χ4n) is 1.47. The molecule has 8 nitrogen and oxygen atoms in total. The minimum absolute atomic E-state index is 0.00104. The Balaban J connectivity index is 0. The second-order valence-electron chi connectivity index (χ2n) is 5.93. The molecule has 0 aromatic rings. The van der Waals surface area contributed by atoms with Gasteiger partial charge in [-0.3, -0.25) is 9.59 Å². The molecule has 0 amide bonds. The summed E-state index contributed by atoms with van der Waals surface area (Å²) < 4.78 is 14.4. The number of carbonyl (C=O) groups excluding carboxylic acids is 4. The third kappa shape index (κ3) is 20.9. The van der Waals surface area contributed by atoms with Crippen LogP contribution in [0.5, 0.6) is 0 Å². The lowest BCUT2D eigenvalue weighted by Crippen LogP contribution is -2.10. The second kappa shape index (κ2) is 20.5. The van der Waals surface area contributed by atoms with Crippen LogP contribution in [0.25, 0.3) is 0 Å². The average Bonchev–Trinajstić information content (AvgIpc) is 2.71. The molecule has 172 valence electrons. The minimum atomic E-state index is -0.432. The number of carbonyl (C=O) groups is 4. The van der Waals surface area contributed by atoms with E-state index in [0.717, 1.165) is 11.8 Å². The first-order valence-corrected chi connectivity index (χ1v) is 11.0. The molecule has 0 saturated carbocycles. The van der Waals surface area contributed by atoms with Crippen molar-refractivity contribution >= 4 is 47.4 Å². The van der Waals surface area contributed by atoms with Gasteiger partial charge in [0.1, 0.15) is 6.61 Å². The van der Waals surface area contributed by atoms with E-state index in [-0.39, 0.29) is 37.3 Å². The van der Waals surface area contributed by atoms with Crippen molar-refractivity contribution in [2.75, 3.05) is 37.9 Å². The summed E-state index contributed by atoms with van der Waals surface area (Å²) in [6, 6.07) is 0. The average molecular weight is 465 g/mol. The zero-order valence-electron chi connectivity index (χ0n) is 17.6. The molecule has 0 saturated heterocycles. The molecule has 0 aromatic heterocycles. The zero-order valence-corrected chi connectivity index (χ0v) is 19.4. The van der Waals surface area contributed by atoms with Crippen LogP contribution in [0.4, 0.5) is 0 Å². The number of rotatable bonds is 14. The van der Waals surface area contributed by atoms with Crippen LogP contribution < -0.4 is 0 Å². The Morgan fingerprint density at radius 1 is 0.867 bits per heavy atom. The van der Waals surface area contributed by atoms with Gasteiger partial charge in [-0.05, 0) is 26.7 Å². The van der Waals surface area contributed by atoms with Crippen molar-refractivity contribution in [1.29, 1.82) is 0 Å². The number of thioether (sulfide) groups is 1. The van der Waals surface area contributed by atoms with Crippen molar-refractivity contribution in [3.8, 4) is 0 Å². The van der Waals surface area contributed by atoms with Gasteiger partial charge in [-0.2, -0.15) is 12.6 Å². The summed E-state index contributed by atoms with van der Waals surface area (Å²) in [6.07, 6.45) is 1.58. The molecule has 0 atom stereocenters. The lowest BCUT2D eigenvalue weighted by atomic mass is 10.3. The smallest absolute Gasteiger partial charge is 0.333 e. The van der Waals surface area contributed by atoms with Crippen LogP contribution in [0.2, 0.25) is 0 Å². The Morgan fingerprint density at radius 3 is 1.80 bits per heavy atom. The van der Waals surface area contributed by atoms with Crippen LogP contribution in [-0.4, -0.2) is 66.1 Å². The Bertz CT molecular complexity index is 525. The maximum absolute atomic E-state index is 11.1. The highest BCUT2D eigenvalue weighted by Crippen LogP contribution is 2.07. The number of thiol groups is 1. The number of esters is 3. The minimum Gasteiger partial charge on any atom is -0.465 e. The molecule has 0 heterocycles. The standard InChI is InChI=1S/2C10H16O4S/c1-8(2)10(13)14-6-3-4-9(12)15-7-5-11;1-8(2)10(12)14-5-3-4-9(11)13-6-7-15/h11H,1,3-7H2,2H3;15H,1,3-7H2,2H3. The highest BCUT2D eigenvalue weighted by Gasteiger charge is 2.06. The lowest BCUT2D eigenvalue weighted by molar-refractivity contribution is -0.145. The third-order valence-electron chi connectivity index (χ3n) is 2.92. The maximum atomic E-state index is 11.1. The summed E-state index contributed by atoms with van der Waals surface area (Å²) >= 11 is 4.99. The summed E-state index contributed by atoms with van der Waals surface area (Å²) in [6.45, 7) is 10.8. The Labute approximate surface area is 187 Å². The summed E-state index contributed by atoms with van der Waals surface area (Å²) in [7, 11) is 0. The molecule has 0 radical (unpaired) electrons. The van der Waals surface area contributed by atoms with Crippen molar-refractivity contribution in [3.63, 3.8) is 0 Å². The van der Waals surface area contributed by atoms with E-state index in [1.807, 2.05) is 0 Å². The van der Waals surface area contributed by atoms with E-state index in [1.165, 1.54) is 0 Å². The summed E-state index contributed by atoms with van der Waals surface area (Å²) in [5.74, 6) is -0.222. The van der Waals surface area contributed by atoms with E-state index in [0.29, 0.717) is 48.5 Å². The highest BCUT2D eigenvalue weighted by molar-refractivity contribution is 8.13. The number of hydrogen-bond donors (Lipinski definition) is 2. The summed E-state index contributed by atoms with van der Waals surface area (Å²) in [5, 5.41) is 8.48. The Kier molecular flexibility index (Phi) is 20.8. The molecule has 1 N–H and O–H groups in total. The van der Waals surface area contributed by atoms with Crippen LogP contribution in [0, 0.1) is 0 Å². The van der Waals surface area contributed by atoms with E-state index in [4.69, 9.17) is 19.3 Å². The van der Waals surface area contributed by atoms with E-state index >= 15 is 0 Å². The van der Waals surface area contributed by atoms with Crippen LogP contribution in [0.15, 0.2) is 24.3 Å². The molecule has 0 rings (SSSR count). The Hall–Kier alpha value is -1.78. The highest BCUT2D eigenvalue weighted by atomic mass is 32.2. The summed E-state index contributed by atoms with van der Waals surface area (Å²) in [5.41, 5.74) is 0.712. The predicted molar refractivity (Wildman–Crippen MR) is 119 cm³/mol. The molecule has 10 heteroatoms. The molecule has 0 aliphatic rings. The monoisotopic (exact) mass is 464 g/mol.